The maximum Gasteiger partial charge on any atom is 0.190 e. The number of ketones is 6. The van der Waals surface area contributed by atoms with E-state index in [1.165, 1.54) is 13.0 Å². The van der Waals surface area contributed by atoms with Crippen molar-refractivity contribution in [1.29, 1.82) is 0 Å². The van der Waals surface area contributed by atoms with E-state index in [1.54, 1.807) is 32.9 Å². The zero-order valence-electron chi connectivity index (χ0n) is 23.2. The van der Waals surface area contributed by atoms with E-state index in [-0.39, 0.29) is 29.4 Å². The Bertz CT molecular complexity index is 1350. The Morgan fingerprint density at radius 3 is 2.21 bits per heavy atom. The van der Waals surface area contributed by atoms with Crippen molar-refractivity contribution in [3.63, 3.8) is 0 Å². The van der Waals surface area contributed by atoms with Crippen LogP contribution in [0.4, 0.5) is 0 Å². The summed E-state index contributed by atoms with van der Waals surface area (Å²) < 4.78 is 0. The summed E-state index contributed by atoms with van der Waals surface area (Å²) in [6, 6.07) is 4.66. The van der Waals surface area contributed by atoms with Crippen LogP contribution >= 0.6 is 0 Å². The lowest BCUT2D eigenvalue weighted by molar-refractivity contribution is -0.225. The predicted octanol–water partition coefficient (Wildman–Crippen LogP) is 3.25. The number of phenolic OH excluding ortho intramolecular Hbond substituents is 1. The van der Waals surface area contributed by atoms with Crippen LogP contribution in [0.2, 0.25) is 0 Å². The molecular formula is C31H36O8. The first kappa shape index (κ1) is 27.6. The molecule has 1 aromatic rings. The molecule has 2 N–H and O–H groups in total. The van der Waals surface area contributed by atoms with E-state index in [4.69, 9.17) is 0 Å². The molecule has 0 radical (unpaired) electrons. The summed E-state index contributed by atoms with van der Waals surface area (Å²) in [4.78, 5) is 82.7. The molecular weight excluding hydrogens is 500 g/mol. The Hall–Kier alpha value is -3.00. The number of carbonyl (C=O) groups is 6. The highest BCUT2D eigenvalue weighted by Crippen LogP contribution is 2.70. The second-order valence-corrected chi connectivity index (χ2v) is 13.0. The number of carbonyl (C=O) groups excluding carboxylic acids is 6. The Balaban J connectivity index is 1.86. The quantitative estimate of drug-likeness (QED) is 0.546. The molecule has 5 rings (SSSR count). The summed E-state index contributed by atoms with van der Waals surface area (Å²) in [6.07, 6.45) is 1.31. The Labute approximate surface area is 227 Å². The van der Waals surface area contributed by atoms with E-state index in [9.17, 15) is 39.0 Å². The average Bonchev–Trinajstić information content (AvgIpc) is 3.68. The highest BCUT2D eigenvalue weighted by molar-refractivity contribution is 6.32. The molecule has 4 aliphatic carbocycles. The number of aromatic hydroxyl groups is 1. The minimum absolute atomic E-state index is 0.0387. The molecule has 0 aromatic heterocycles. The van der Waals surface area contributed by atoms with Crippen LogP contribution < -0.4 is 0 Å². The number of Topliss-reactive ketones (excluding diaryl/α,β-unsaturated/α-hetero) is 6. The summed E-state index contributed by atoms with van der Waals surface area (Å²) in [5.41, 5.74) is -5.39. The van der Waals surface area contributed by atoms with Crippen molar-refractivity contribution in [2.45, 2.75) is 72.3 Å². The molecule has 8 atom stereocenters. The molecule has 0 heterocycles. The van der Waals surface area contributed by atoms with Crippen LogP contribution in [0, 0.1) is 46.3 Å². The van der Waals surface area contributed by atoms with Gasteiger partial charge in [0.05, 0.1) is 11.5 Å². The molecule has 0 saturated heterocycles. The molecule has 8 heteroatoms. The molecule has 208 valence electrons. The topological polar surface area (TPSA) is 143 Å². The Kier molecular flexibility index (Phi) is 6.01. The van der Waals surface area contributed by atoms with Crippen molar-refractivity contribution >= 4 is 34.7 Å². The van der Waals surface area contributed by atoms with Gasteiger partial charge in [-0.15, -0.1) is 0 Å². The molecule has 0 bridgehead atoms. The number of fused-ring (bicyclic) bond motifs is 3. The summed E-state index contributed by atoms with van der Waals surface area (Å²) in [5.74, 6) is -11.4. The third-order valence-electron chi connectivity index (χ3n) is 10.8. The van der Waals surface area contributed by atoms with Crippen molar-refractivity contribution in [3.05, 3.63) is 29.3 Å². The fraction of sp³-hybridized carbons (Fsp3) is 0.613. The van der Waals surface area contributed by atoms with Gasteiger partial charge in [-0.1, -0.05) is 46.8 Å². The number of aliphatic hydroxyl groups is 1. The first-order chi connectivity index (χ1) is 18.1. The number of phenols is 1. The highest BCUT2D eigenvalue weighted by Gasteiger charge is 2.80. The molecule has 4 aliphatic rings. The van der Waals surface area contributed by atoms with Gasteiger partial charge in [0.1, 0.15) is 23.2 Å². The van der Waals surface area contributed by atoms with Crippen LogP contribution in [0.3, 0.4) is 0 Å². The lowest BCUT2D eigenvalue weighted by Crippen LogP contribution is -2.80. The first-order valence-electron chi connectivity index (χ1n) is 13.8. The van der Waals surface area contributed by atoms with Crippen LogP contribution in [-0.2, 0) is 24.0 Å². The fourth-order valence-corrected chi connectivity index (χ4v) is 8.73. The van der Waals surface area contributed by atoms with Crippen molar-refractivity contribution in [2.75, 3.05) is 0 Å². The number of hydrogen-bond donors (Lipinski definition) is 2. The van der Waals surface area contributed by atoms with Gasteiger partial charge >= 0.3 is 0 Å². The Morgan fingerprint density at radius 2 is 1.67 bits per heavy atom. The van der Waals surface area contributed by atoms with Gasteiger partial charge in [0.25, 0.3) is 0 Å². The van der Waals surface area contributed by atoms with Gasteiger partial charge in [-0.2, -0.15) is 0 Å². The predicted molar refractivity (Wildman–Crippen MR) is 139 cm³/mol. The molecule has 3 fully saturated rings. The minimum atomic E-state index is -2.85. The minimum Gasteiger partial charge on any atom is -0.507 e. The van der Waals surface area contributed by atoms with Crippen LogP contribution in [0.5, 0.6) is 5.75 Å². The van der Waals surface area contributed by atoms with Crippen molar-refractivity contribution < 1.29 is 39.0 Å². The van der Waals surface area contributed by atoms with Gasteiger partial charge < -0.3 is 10.2 Å². The van der Waals surface area contributed by atoms with E-state index < -0.39 is 80.9 Å². The fourth-order valence-electron chi connectivity index (χ4n) is 8.73. The average molecular weight is 537 g/mol. The monoisotopic (exact) mass is 536 g/mol. The third-order valence-corrected chi connectivity index (χ3v) is 10.8. The lowest BCUT2D eigenvalue weighted by Gasteiger charge is -2.67. The molecule has 3 saturated carbocycles. The highest BCUT2D eigenvalue weighted by atomic mass is 16.3. The summed E-state index contributed by atoms with van der Waals surface area (Å²) >= 11 is 0. The van der Waals surface area contributed by atoms with E-state index in [2.05, 4.69) is 0 Å². The van der Waals surface area contributed by atoms with Crippen molar-refractivity contribution in [1.82, 2.24) is 0 Å². The maximum absolute atomic E-state index is 14.6. The molecule has 3 unspecified atom stereocenters. The normalized spacial score (nSPS) is 39.7. The summed E-state index contributed by atoms with van der Waals surface area (Å²) in [7, 11) is 0. The van der Waals surface area contributed by atoms with Crippen LogP contribution in [-0.4, -0.2) is 50.5 Å². The standard InChI is InChI=1S/C31H36O8/c1-13(2)23-25(35)21(15(4)32)27(37)31(39)28(38)24-26(36)22-17(8-7-9-18(22)33)14(3)29(24,5)20(30(23,31)6)12-19(34)16-10-11-16/h7-9,13-14,16,20-21,23-24,33,39H,10-12H2,1-6H3/t14-,20-,21?,23?,24?,29-,30-,31+/m1/s1. The van der Waals surface area contributed by atoms with E-state index >= 15 is 0 Å². The number of rotatable bonds is 5. The van der Waals surface area contributed by atoms with Gasteiger partial charge in [-0.3, -0.25) is 28.8 Å². The SMILES string of the molecule is CC(=O)C1C(=O)C(C(C)C)[C@@]2(C)[C@H](CC(=O)C3CC3)[C@]3(C)C(C(=O)c4c(O)cccc4[C@H]3C)C(=O)[C@@]2(O)C1=O. The second-order valence-electron chi connectivity index (χ2n) is 13.0. The van der Waals surface area contributed by atoms with Crippen LogP contribution in [0.25, 0.3) is 0 Å². The van der Waals surface area contributed by atoms with Crippen LogP contribution in [0.15, 0.2) is 18.2 Å². The van der Waals surface area contributed by atoms with Gasteiger partial charge in [-0.25, -0.2) is 0 Å². The molecule has 1 aromatic carbocycles. The molecule has 0 amide bonds. The molecule has 0 spiro atoms. The molecule has 39 heavy (non-hydrogen) atoms. The van der Waals surface area contributed by atoms with Gasteiger partial charge in [0, 0.05) is 23.7 Å². The van der Waals surface area contributed by atoms with E-state index in [1.807, 2.05) is 6.92 Å². The zero-order valence-corrected chi connectivity index (χ0v) is 23.2. The largest absolute Gasteiger partial charge is 0.507 e. The van der Waals surface area contributed by atoms with E-state index in [0.717, 1.165) is 6.92 Å². The zero-order chi connectivity index (χ0) is 29.0. The second kappa shape index (κ2) is 8.50. The van der Waals surface area contributed by atoms with Gasteiger partial charge in [-0.05, 0) is 54.6 Å². The van der Waals surface area contributed by atoms with Crippen LogP contribution in [0.1, 0.15) is 82.6 Å². The smallest absolute Gasteiger partial charge is 0.190 e. The number of hydrogen-bond acceptors (Lipinski definition) is 8. The summed E-state index contributed by atoms with van der Waals surface area (Å²) in [5, 5.41) is 23.1. The third kappa shape index (κ3) is 3.21. The number of benzene rings is 1. The first-order valence-corrected chi connectivity index (χ1v) is 13.8. The van der Waals surface area contributed by atoms with Gasteiger partial charge in [0.15, 0.2) is 28.7 Å². The molecule has 8 nitrogen and oxygen atoms in total. The molecule has 0 aliphatic heterocycles. The lowest BCUT2D eigenvalue weighted by atomic mass is 9.34. The summed E-state index contributed by atoms with van der Waals surface area (Å²) in [6.45, 7) is 9.65. The Morgan fingerprint density at radius 1 is 1.05 bits per heavy atom. The van der Waals surface area contributed by atoms with E-state index in [0.29, 0.717) is 18.4 Å². The van der Waals surface area contributed by atoms with Crippen molar-refractivity contribution in [3.8, 4) is 5.75 Å². The van der Waals surface area contributed by atoms with Gasteiger partial charge in [0.2, 0.25) is 0 Å². The van der Waals surface area contributed by atoms with Crippen molar-refractivity contribution in [2.24, 2.45) is 46.3 Å². The maximum atomic E-state index is 14.6.